The van der Waals surface area contributed by atoms with Gasteiger partial charge in [0, 0.05) is 23.5 Å². The molecule has 2 nitrogen and oxygen atoms in total. The van der Waals surface area contributed by atoms with E-state index in [9.17, 15) is 0 Å². The van der Waals surface area contributed by atoms with Crippen molar-refractivity contribution in [3.63, 3.8) is 0 Å². The maximum Gasteiger partial charge on any atom is 0.0511 e. The minimum atomic E-state index is 0.316. The highest BCUT2D eigenvalue weighted by Crippen LogP contribution is 2.28. The predicted octanol–water partition coefficient (Wildman–Crippen LogP) is 5.11. The number of nitrogens with one attached hydrogen (secondary N) is 1. The third kappa shape index (κ3) is 2.89. The Morgan fingerprint density at radius 1 is 1.05 bits per heavy atom. The van der Waals surface area contributed by atoms with Gasteiger partial charge in [-0.2, -0.15) is 0 Å². The highest BCUT2D eigenvalue weighted by Gasteiger charge is 2.10. The lowest BCUT2D eigenvalue weighted by Crippen LogP contribution is -2.10. The van der Waals surface area contributed by atoms with Gasteiger partial charge in [-0.15, -0.1) is 0 Å². The molecule has 0 radical (unpaired) electrons. The second kappa shape index (κ2) is 5.96. The fraction of sp³-hybridized carbons (Fsp3) is 0.211. The van der Waals surface area contributed by atoms with Gasteiger partial charge in [0.05, 0.1) is 6.04 Å². The quantitative estimate of drug-likeness (QED) is 0.716. The van der Waals surface area contributed by atoms with E-state index in [4.69, 9.17) is 0 Å². The van der Waals surface area contributed by atoms with Crippen LogP contribution in [0, 0.1) is 6.92 Å². The van der Waals surface area contributed by atoms with Crippen molar-refractivity contribution in [1.82, 2.24) is 4.98 Å². The average molecular weight is 276 g/mol. The van der Waals surface area contributed by atoms with Crippen LogP contribution in [-0.4, -0.2) is 4.98 Å². The Morgan fingerprint density at radius 2 is 1.86 bits per heavy atom. The highest BCUT2D eigenvalue weighted by molar-refractivity contribution is 5.93. The Bertz CT molecular complexity index is 727. The molecule has 1 aromatic heterocycles. The summed E-state index contributed by atoms with van der Waals surface area (Å²) in [6, 6.07) is 17.5. The van der Waals surface area contributed by atoms with Crippen LogP contribution in [0.3, 0.4) is 0 Å². The molecule has 0 spiro atoms. The second-order valence-electron chi connectivity index (χ2n) is 5.42. The molecular weight excluding hydrogens is 256 g/mol. The molecule has 0 bridgehead atoms. The van der Waals surface area contributed by atoms with Crippen LogP contribution >= 0.6 is 0 Å². The van der Waals surface area contributed by atoms with Crippen LogP contribution in [0.15, 0.2) is 60.9 Å². The smallest absolute Gasteiger partial charge is 0.0511 e. The molecule has 0 aliphatic carbocycles. The van der Waals surface area contributed by atoms with Gasteiger partial charge in [-0.05, 0) is 36.4 Å². The van der Waals surface area contributed by atoms with Crippen molar-refractivity contribution in [2.75, 3.05) is 5.32 Å². The second-order valence-corrected chi connectivity index (χ2v) is 5.42. The molecule has 0 aliphatic rings. The summed E-state index contributed by atoms with van der Waals surface area (Å²) in [5.41, 5.74) is 3.76. The van der Waals surface area contributed by atoms with E-state index in [1.54, 1.807) is 0 Å². The van der Waals surface area contributed by atoms with Crippen LogP contribution in [0.25, 0.3) is 10.8 Å². The molecule has 0 saturated carbocycles. The largest absolute Gasteiger partial charge is 0.378 e. The molecule has 1 unspecified atom stereocenters. The van der Waals surface area contributed by atoms with Gasteiger partial charge in [0.15, 0.2) is 0 Å². The van der Waals surface area contributed by atoms with E-state index in [0.717, 1.165) is 12.1 Å². The molecule has 0 fully saturated rings. The summed E-state index contributed by atoms with van der Waals surface area (Å²) in [6.45, 7) is 4.33. The molecule has 2 heteroatoms. The number of pyridine rings is 1. The molecule has 1 N–H and O–H groups in total. The summed E-state index contributed by atoms with van der Waals surface area (Å²) in [6.07, 6.45) is 4.81. The minimum Gasteiger partial charge on any atom is -0.378 e. The van der Waals surface area contributed by atoms with Gasteiger partial charge in [0.2, 0.25) is 0 Å². The zero-order valence-corrected chi connectivity index (χ0v) is 12.5. The maximum atomic E-state index is 4.25. The Balaban J connectivity index is 1.94. The molecule has 106 valence electrons. The Morgan fingerprint density at radius 3 is 2.62 bits per heavy atom. The molecule has 3 rings (SSSR count). The number of aryl methyl sites for hydroxylation is 1. The van der Waals surface area contributed by atoms with E-state index in [2.05, 4.69) is 66.6 Å². The van der Waals surface area contributed by atoms with Crippen molar-refractivity contribution in [2.24, 2.45) is 0 Å². The van der Waals surface area contributed by atoms with Crippen molar-refractivity contribution in [1.29, 1.82) is 0 Å². The van der Waals surface area contributed by atoms with Crippen molar-refractivity contribution in [2.45, 2.75) is 26.3 Å². The molecule has 3 aromatic rings. The van der Waals surface area contributed by atoms with Gasteiger partial charge in [-0.25, -0.2) is 0 Å². The van der Waals surface area contributed by atoms with Gasteiger partial charge in [0.25, 0.3) is 0 Å². The van der Waals surface area contributed by atoms with Crippen LogP contribution in [0.5, 0.6) is 0 Å². The van der Waals surface area contributed by atoms with Gasteiger partial charge < -0.3 is 5.32 Å². The first-order chi connectivity index (χ1) is 10.3. The number of anilines is 1. The molecule has 2 aromatic carbocycles. The maximum absolute atomic E-state index is 4.25. The van der Waals surface area contributed by atoms with Crippen molar-refractivity contribution < 1.29 is 0 Å². The molecule has 0 amide bonds. The van der Waals surface area contributed by atoms with Crippen LogP contribution in [0.4, 0.5) is 5.69 Å². The summed E-state index contributed by atoms with van der Waals surface area (Å²) in [5.74, 6) is 0. The SMILES string of the molecule is CCC(Nc1cccc2ccncc12)c1ccc(C)cc1. The predicted molar refractivity (Wildman–Crippen MR) is 89.6 cm³/mol. The first kappa shape index (κ1) is 13.6. The van der Waals surface area contributed by atoms with Crippen molar-refractivity contribution >= 4 is 16.5 Å². The van der Waals surface area contributed by atoms with Crippen molar-refractivity contribution in [3.8, 4) is 0 Å². The fourth-order valence-corrected chi connectivity index (χ4v) is 2.65. The number of rotatable bonds is 4. The van der Waals surface area contributed by atoms with E-state index in [1.807, 2.05) is 18.5 Å². The summed E-state index contributed by atoms with van der Waals surface area (Å²) in [4.78, 5) is 4.25. The van der Waals surface area contributed by atoms with Crippen LogP contribution in [-0.2, 0) is 0 Å². The first-order valence-electron chi connectivity index (χ1n) is 7.44. The molecule has 0 saturated heterocycles. The number of nitrogens with zero attached hydrogens (tertiary/aromatic N) is 1. The summed E-state index contributed by atoms with van der Waals surface area (Å²) < 4.78 is 0. The number of hydrogen-bond donors (Lipinski definition) is 1. The molecule has 0 aliphatic heterocycles. The number of fused-ring (bicyclic) bond motifs is 1. The number of benzene rings is 2. The lowest BCUT2D eigenvalue weighted by molar-refractivity contribution is 0.750. The summed E-state index contributed by atoms with van der Waals surface area (Å²) in [5, 5.41) is 6.06. The monoisotopic (exact) mass is 276 g/mol. The van der Waals surface area contributed by atoms with E-state index >= 15 is 0 Å². The molecular formula is C19H20N2. The van der Waals surface area contributed by atoms with Gasteiger partial charge in [0.1, 0.15) is 0 Å². The van der Waals surface area contributed by atoms with E-state index in [0.29, 0.717) is 6.04 Å². The third-order valence-corrected chi connectivity index (χ3v) is 3.90. The summed E-state index contributed by atoms with van der Waals surface area (Å²) in [7, 11) is 0. The minimum absolute atomic E-state index is 0.316. The topological polar surface area (TPSA) is 24.9 Å². The molecule has 21 heavy (non-hydrogen) atoms. The third-order valence-electron chi connectivity index (χ3n) is 3.90. The standard InChI is InChI=1S/C19H20N2/c1-3-18(16-9-7-14(2)8-10-16)21-19-6-4-5-15-11-12-20-13-17(15)19/h4-13,18,21H,3H2,1-2H3. The van der Waals surface area contributed by atoms with Gasteiger partial charge in [-0.1, -0.05) is 48.9 Å². The zero-order valence-electron chi connectivity index (χ0n) is 12.5. The molecule has 1 heterocycles. The van der Waals surface area contributed by atoms with E-state index in [-0.39, 0.29) is 0 Å². The number of aromatic nitrogens is 1. The van der Waals surface area contributed by atoms with Crippen LogP contribution in [0.1, 0.15) is 30.5 Å². The lowest BCUT2D eigenvalue weighted by Gasteiger charge is -2.20. The Labute approximate surface area is 125 Å². The fourth-order valence-electron chi connectivity index (χ4n) is 2.65. The summed E-state index contributed by atoms with van der Waals surface area (Å²) >= 11 is 0. The number of hydrogen-bond acceptors (Lipinski definition) is 2. The Kier molecular flexibility index (Phi) is 3.87. The highest BCUT2D eigenvalue weighted by atomic mass is 14.9. The van der Waals surface area contributed by atoms with Crippen molar-refractivity contribution in [3.05, 3.63) is 72.1 Å². The molecule has 1 atom stereocenters. The van der Waals surface area contributed by atoms with Crippen LogP contribution < -0.4 is 5.32 Å². The van der Waals surface area contributed by atoms with Gasteiger partial charge in [-0.3, -0.25) is 4.98 Å². The van der Waals surface area contributed by atoms with Gasteiger partial charge >= 0.3 is 0 Å². The van der Waals surface area contributed by atoms with E-state index in [1.165, 1.54) is 21.9 Å². The Hall–Kier alpha value is -2.35. The zero-order chi connectivity index (χ0) is 14.7. The lowest BCUT2D eigenvalue weighted by atomic mass is 10.0. The van der Waals surface area contributed by atoms with Crippen LogP contribution in [0.2, 0.25) is 0 Å². The first-order valence-corrected chi connectivity index (χ1v) is 7.44. The average Bonchev–Trinajstić information content (AvgIpc) is 2.54. The normalized spacial score (nSPS) is 12.3. The van der Waals surface area contributed by atoms with E-state index < -0.39 is 0 Å².